The lowest BCUT2D eigenvalue weighted by molar-refractivity contribution is 0.481. The Hall–Kier alpha value is -0.0800. The van der Waals surface area contributed by atoms with Crippen molar-refractivity contribution in [2.75, 3.05) is 26.7 Å². The number of rotatable bonds is 8. The molecule has 0 amide bonds. The molecule has 0 heterocycles. The van der Waals surface area contributed by atoms with Gasteiger partial charge in [0.05, 0.1) is 0 Å². The van der Waals surface area contributed by atoms with Gasteiger partial charge in [0.1, 0.15) is 0 Å². The average Bonchev–Trinajstić information content (AvgIpc) is 2.88. The van der Waals surface area contributed by atoms with E-state index in [9.17, 15) is 0 Å². The standard InChI is InChI=1S/C11H24N2/c1-10(8-12-2)9-13-7-3-4-11-5-6-11/h10-13H,3-9H2,1-2H3. The average molecular weight is 184 g/mol. The van der Waals surface area contributed by atoms with Crippen LogP contribution in [-0.4, -0.2) is 26.7 Å². The molecule has 0 saturated heterocycles. The van der Waals surface area contributed by atoms with Crippen LogP contribution in [0.15, 0.2) is 0 Å². The second kappa shape index (κ2) is 6.39. The summed E-state index contributed by atoms with van der Waals surface area (Å²) in [5.74, 6) is 1.85. The van der Waals surface area contributed by atoms with Crippen LogP contribution in [0.2, 0.25) is 0 Å². The van der Waals surface area contributed by atoms with Gasteiger partial charge >= 0.3 is 0 Å². The first-order chi connectivity index (χ1) is 6.33. The minimum absolute atomic E-state index is 0.755. The van der Waals surface area contributed by atoms with E-state index in [2.05, 4.69) is 17.6 Å². The van der Waals surface area contributed by atoms with Crippen molar-refractivity contribution in [1.82, 2.24) is 10.6 Å². The molecular formula is C11H24N2. The zero-order valence-corrected chi connectivity index (χ0v) is 9.10. The van der Waals surface area contributed by atoms with E-state index in [1.54, 1.807) is 0 Å². The number of nitrogens with one attached hydrogen (secondary N) is 2. The van der Waals surface area contributed by atoms with E-state index in [4.69, 9.17) is 0 Å². The zero-order chi connectivity index (χ0) is 9.52. The highest BCUT2D eigenvalue weighted by atomic mass is 14.9. The molecule has 0 aromatic rings. The van der Waals surface area contributed by atoms with Crippen LogP contribution < -0.4 is 10.6 Å². The SMILES string of the molecule is CNCC(C)CNCCCC1CC1. The van der Waals surface area contributed by atoms with Crippen LogP contribution in [0.3, 0.4) is 0 Å². The molecule has 78 valence electrons. The van der Waals surface area contributed by atoms with Gasteiger partial charge in [-0.3, -0.25) is 0 Å². The van der Waals surface area contributed by atoms with Crippen molar-refractivity contribution in [3.8, 4) is 0 Å². The Morgan fingerprint density at radius 2 is 2.08 bits per heavy atom. The molecule has 2 N–H and O–H groups in total. The van der Waals surface area contributed by atoms with Gasteiger partial charge in [-0.2, -0.15) is 0 Å². The monoisotopic (exact) mass is 184 g/mol. The smallest absolute Gasteiger partial charge is 0.00110 e. The fourth-order valence-electron chi connectivity index (χ4n) is 1.69. The van der Waals surface area contributed by atoms with Crippen molar-refractivity contribution >= 4 is 0 Å². The maximum absolute atomic E-state index is 3.51. The second-order valence-electron chi connectivity index (χ2n) is 4.45. The summed E-state index contributed by atoms with van der Waals surface area (Å²) in [4.78, 5) is 0. The van der Waals surface area contributed by atoms with Crippen molar-refractivity contribution < 1.29 is 0 Å². The Morgan fingerprint density at radius 1 is 1.31 bits per heavy atom. The molecule has 2 nitrogen and oxygen atoms in total. The highest BCUT2D eigenvalue weighted by Gasteiger charge is 2.19. The Morgan fingerprint density at radius 3 is 2.69 bits per heavy atom. The molecule has 1 aliphatic rings. The van der Waals surface area contributed by atoms with Gasteiger partial charge in [0.2, 0.25) is 0 Å². The van der Waals surface area contributed by atoms with Gasteiger partial charge in [-0.15, -0.1) is 0 Å². The predicted molar refractivity (Wildman–Crippen MR) is 57.9 cm³/mol. The maximum atomic E-state index is 3.51. The molecule has 0 aliphatic heterocycles. The first-order valence-electron chi connectivity index (χ1n) is 5.68. The molecule has 0 aromatic carbocycles. The lowest BCUT2D eigenvalue weighted by Crippen LogP contribution is -2.28. The minimum Gasteiger partial charge on any atom is -0.319 e. The summed E-state index contributed by atoms with van der Waals surface area (Å²) in [6.07, 6.45) is 5.82. The van der Waals surface area contributed by atoms with E-state index in [-0.39, 0.29) is 0 Å². The quantitative estimate of drug-likeness (QED) is 0.560. The largest absolute Gasteiger partial charge is 0.319 e. The Bertz CT molecular complexity index is 121. The molecule has 0 bridgehead atoms. The van der Waals surface area contributed by atoms with Gasteiger partial charge < -0.3 is 10.6 Å². The topological polar surface area (TPSA) is 24.1 Å². The lowest BCUT2D eigenvalue weighted by atomic mass is 10.1. The molecule has 1 saturated carbocycles. The fourth-order valence-corrected chi connectivity index (χ4v) is 1.69. The Balaban J connectivity index is 1.76. The van der Waals surface area contributed by atoms with Crippen molar-refractivity contribution in [2.45, 2.75) is 32.6 Å². The zero-order valence-electron chi connectivity index (χ0n) is 9.10. The van der Waals surface area contributed by atoms with Gasteiger partial charge in [0, 0.05) is 0 Å². The van der Waals surface area contributed by atoms with E-state index in [0.29, 0.717) is 0 Å². The fraction of sp³-hybridized carbons (Fsp3) is 1.00. The van der Waals surface area contributed by atoms with Gasteiger partial charge in [-0.25, -0.2) is 0 Å². The van der Waals surface area contributed by atoms with Gasteiger partial charge in [-0.05, 0) is 51.4 Å². The first kappa shape index (κ1) is 11.0. The molecule has 1 unspecified atom stereocenters. The van der Waals surface area contributed by atoms with Crippen LogP contribution in [0.4, 0.5) is 0 Å². The van der Waals surface area contributed by atoms with Crippen molar-refractivity contribution in [2.24, 2.45) is 11.8 Å². The highest BCUT2D eigenvalue weighted by molar-refractivity contribution is 4.73. The van der Waals surface area contributed by atoms with E-state index < -0.39 is 0 Å². The molecule has 1 rings (SSSR count). The lowest BCUT2D eigenvalue weighted by Gasteiger charge is -2.11. The third kappa shape index (κ3) is 6.05. The van der Waals surface area contributed by atoms with Gasteiger partial charge in [-0.1, -0.05) is 19.8 Å². The first-order valence-corrected chi connectivity index (χ1v) is 5.68. The van der Waals surface area contributed by atoms with E-state index in [1.807, 2.05) is 7.05 Å². The van der Waals surface area contributed by atoms with Gasteiger partial charge in [0.25, 0.3) is 0 Å². The summed E-state index contributed by atoms with van der Waals surface area (Å²) in [5, 5.41) is 6.71. The van der Waals surface area contributed by atoms with Crippen molar-refractivity contribution in [3.05, 3.63) is 0 Å². The molecule has 1 aliphatic carbocycles. The molecule has 0 aromatic heterocycles. The molecular weight excluding hydrogens is 160 g/mol. The highest BCUT2D eigenvalue weighted by Crippen LogP contribution is 2.33. The van der Waals surface area contributed by atoms with Crippen LogP contribution in [0.5, 0.6) is 0 Å². The summed E-state index contributed by atoms with van der Waals surface area (Å²) in [6.45, 7) is 5.77. The Labute approximate surface area is 82.5 Å². The summed E-state index contributed by atoms with van der Waals surface area (Å²) >= 11 is 0. The molecule has 1 atom stereocenters. The molecule has 0 radical (unpaired) electrons. The van der Waals surface area contributed by atoms with E-state index in [1.165, 1.54) is 32.2 Å². The second-order valence-corrected chi connectivity index (χ2v) is 4.45. The molecule has 1 fully saturated rings. The molecule has 13 heavy (non-hydrogen) atoms. The third-order valence-electron chi connectivity index (χ3n) is 2.71. The summed E-state index contributed by atoms with van der Waals surface area (Å²) in [7, 11) is 2.02. The minimum atomic E-state index is 0.755. The summed E-state index contributed by atoms with van der Waals surface area (Å²) < 4.78 is 0. The predicted octanol–water partition coefficient (Wildman–Crippen LogP) is 1.62. The molecule has 0 spiro atoms. The number of hydrogen-bond acceptors (Lipinski definition) is 2. The summed E-state index contributed by atoms with van der Waals surface area (Å²) in [5.41, 5.74) is 0. The van der Waals surface area contributed by atoms with Gasteiger partial charge in [0.15, 0.2) is 0 Å². The number of hydrogen-bond donors (Lipinski definition) is 2. The maximum Gasteiger partial charge on any atom is -0.00110 e. The van der Waals surface area contributed by atoms with Crippen LogP contribution in [0.25, 0.3) is 0 Å². The van der Waals surface area contributed by atoms with Crippen molar-refractivity contribution in [3.63, 3.8) is 0 Å². The Kier molecular flexibility index (Phi) is 5.40. The normalized spacial score (nSPS) is 18.9. The van der Waals surface area contributed by atoms with Crippen LogP contribution in [-0.2, 0) is 0 Å². The summed E-state index contributed by atoms with van der Waals surface area (Å²) in [6, 6.07) is 0. The van der Waals surface area contributed by atoms with Crippen LogP contribution in [0.1, 0.15) is 32.6 Å². The van der Waals surface area contributed by atoms with Crippen LogP contribution in [0, 0.1) is 11.8 Å². The molecule has 2 heteroatoms. The van der Waals surface area contributed by atoms with E-state index >= 15 is 0 Å². The van der Waals surface area contributed by atoms with E-state index in [0.717, 1.165) is 24.9 Å². The van der Waals surface area contributed by atoms with Crippen LogP contribution >= 0.6 is 0 Å². The van der Waals surface area contributed by atoms with Crippen molar-refractivity contribution in [1.29, 1.82) is 0 Å². The third-order valence-corrected chi connectivity index (χ3v) is 2.71.